The minimum Gasteiger partial charge on any atom is -0.494 e. The predicted molar refractivity (Wildman–Crippen MR) is 82.8 cm³/mol. The van der Waals surface area contributed by atoms with Gasteiger partial charge in [0.2, 0.25) is 0 Å². The minimum atomic E-state index is -0.461. The third-order valence-electron chi connectivity index (χ3n) is 3.11. The maximum atomic E-state index is 11.9. The summed E-state index contributed by atoms with van der Waals surface area (Å²) in [5, 5.41) is 2.48. The molecule has 0 saturated carbocycles. The third kappa shape index (κ3) is 6.56. The van der Waals surface area contributed by atoms with Crippen molar-refractivity contribution < 1.29 is 19.1 Å². The zero-order valence-corrected chi connectivity index (χ0v) is 13.3. The highest BCUT2D eigenvalue weighted by molar-refractivity contribution is 5.96. The van der Waals surface area contributed by atoms with Crippen molar-refractivity contribution >= 4 is 11.9 Å². The van der Waals surface area contributed by atoms with Crippen molar-refractivity contribution in [3.05, 3.63) is 24.0 Å². The van der Waals surface area contributed by atoms with Crippen LogP contribution >= 0.6 is 0 Å². The van der Waals surface area contributed by atoms with Crippen LogP contribution in [0, 0.1) is 0 Å². The van der Waals surface area contributed by atoms with E-state index < -0.39 is 11.9 Å². The molecule has 1 aromatic rings. The summed E-state index contributed by atoms with van der Waals surface area (Å²) >= 11 is 0. The zero-order chi connectivity index (χ0) is 16.2. The molecule has 122 valence electrons. The van der Waals surface area contributed by atoms with E-state index in [-0.39, 0.29) is 12.2 Å². The number of carbonyl (C=O) groups is 2. The van der Waals surface area contributed by atoms with Crippen molar-refractivity contribution in [2.45, 2.75) is 39.0 Å². The number of unbranched alkanes of at least 4 members (excludes halogenated alkanes) is 4. The second-order valence-electron chi connectivity index (χ2n) is 4.87. The Bertz CT molecular complexity index is 477. The molecule has 1 rings (SSSR count). The zero-order valence-electron chi connectivity index (χ0n) is 13.3. The summed E-state index contributed by atoms with van der Waals surface area (Å²) in [6, 6.07) is 3.30. The van der Waals surface area contributed by atoms with Crippen molar-refractivity contribution in [1.82, 2.24) is 10.3 Å². The van der Waals surface area contributed by atoms with Crippen molar-refractivity contribution in [2.75, 3.05) is 20.3 Å². The van der Waals surface area contributed by atoms with Crippen LogP contribution in [0.15, 0.2) is 18.3 Å². The summed E-state index contributed by atoms with van der Waals surface area (Å²) in [4.78, 5) is 27.4. The third-order valence-corrected chi connectivity index (χ3v) is 3.11. The van der Waals surface area contributed by atoms with Crippen LogP contribution in [0.1, 0.15) is 49.5 Å². The molecule has 0 aliphatic rings. The number of hydrogen-bond acceptors (Lipinski definition) is 5. The van der Waals surface area contributed by atoms with Gasteiger partial charge in [-0.2, -0.15) is 0 Å². The van der Waals surface area contributed by atoms with Gasteiger partial charge in [0.1, 0.15) is 12.3 Å². The number of ether oxygens (including phenoxy) is 2. The highest BCUT2D eigenvalue weighted by Gasteiger charge is 2.14. The fourth-order valence-electron chi connectivity index (χ4n) is 1.90. The number of esters is 1. The summed E-state index contributed by atoms with van der Waals surface area (Å²) in [6.07, 6.45) is 6.95. The summed E-state index contributed by atoms with van der Waals surface area (Å²) in [5.74, 6) is -0.541. The van der Waals surface area contributed by atoms with Crippen LogP contribution in [0.5, 0.6) is 5.75 Å². The lowest BCUT2D eigenvalue weighted by atomic mass is 10.2. The van der Waals surface area contributed by atoms with E-state index in [0.29, 0.717) is 12.4 Å². The van der Waals surface area contributed by atoms with Crippen molar-refractivity contribution in [2.24, 2.45) is 0 Å². The van der Waals surface area contributed by atoms with E-state index in [1.165, 1.54) is 26.1 Å². The number of methoxy groups -OCH3 is 1. The summed E-state index contributed by atoms with van der Waals surface area (Å²) in [6.45, 7) is 2.37. The number of nitrogens with one attached hydrogen (secondary N) is 1. The highest BCUT2D eigenvalue weighted by atomic mass is 16.5. The Labute approximate surface area is 131 Å². The van der Waals surface area contributed by atoms with E-state index >= 15 is 0 Å². The number of amides is 1. The molecule has 0 saturated heterocycles. The first-order chi connectivity index (χ1) is 10.7. The van der Waals surface area contributed by atoms with Crippen LogP contribution in [-0.4, -0.2) is 37.1 Å². The van der Waals surface area contributed by atoms with E-state index in [2.05, 4.69) is 17.2 Å². The Morgan fingerprint density at radius 3 is 2.73 bits per heavy atom. The second kappa shape index (κ2) is 10.6. The predicted octanol–water partition coefficient (Wildman–Crippen LogP) is 2.33. The van der Waals surface area contributed by atoms with E-state index in [0.717, 1.165) is 19.3 Å². The number of aromatic nitrogens is 1. The molecule has 1 N–H and O–H groups in total. The van der Waals surface area contributed by atoms with Gasteiger partial charge in [-0.15, -0.1) is 0 Å². The molecular weight excluding hydrogens is 284 g/mol. The minimum absolute atomic E-state index is 0.150. The van der Waals surface area contributed by atoms with Gasteiger partial charge in [0.25, 0.3) is 5.91 Å². The van der Waals surface area contributed by atoms with E-state index in [4.69, 9.17) is 9.47 Å². The molecule has 0 fully saturated rings. The summed E-state index contributed by atoms with van der Waals surface area (Å²) in [5.41, 5.74) is 0.150. The first kappa shape index (κ1) is 17.9. The molecule has 22 heavy (non-hydrogen) atoms. The SMILES string of the molecule is CCCCCCCOC(=O)CNC(=O)c1ncccc1OC. The molecule has 0 bridgehead atoms. The molecule has 0 radical (unpaired) electrons. The average Bonchev–Trinajstić information content (AvgIpc) is 2.55. The van der Waals surface area contributed by atoms with E-state index in [1.807, 2.05) is 0 Å². The fraction of sp³-hybridized carbons (Fsp3) is 0.562. The van der Waals surface area contributed by atoms with Gasteiger partial charge >= 0.3 is 5.97 Å². The Morgan fingerprint density at radius 2 is 2.00 bits per heavy atom. The van der Waals surface area contributed by atoms with Crippen LogP contribution in [-0.2, 0) is 9.53 Å². The Morgan fingerprint density at radius 1 is 1.23 bits per heavy atom. The van der Waals surface area contributed by atoms with Crippen molar-refractivity contribution in [3.8, 4) is 5.75 Å². The van der Waals surface area contributed by atoms with Gasteiger partial charge in [-0.25, -0.2) is 4.98 Å². The molecule has 0 aromatic carbocycles. The van der Waals surface area contributed by atoms with Crippen LogP contribution in [0.25, 0.3) is 0 Å². The average molecular weight is 308 g/mol. The molecule has 0 unspecified atom stereocenters. The number of pyridine rings is 1. The van der Waals surface area contributed by atoms with Crippen molar-refractivity contribution in [1.29, 1.82) is 0 Å². The van der Waals surface area contributed by atoms with Crippen molar-refractivity contribution in [3.63, 3.8) is 0 Å². The first-order valence-corrected chi connectivity index (χ1v) is 7.61. The molecule has 0 atom stereocenters. The van der Waals surface area contributed by atoms with Gasteiger partial charge in [-0.1, -0.05) is 32.6 Å². The number of hydrogen-bond donors (Lipinski definition) is 1. The van der Waals surface area contributed by atoms with Crippen LogP contribution in [0.4, 0.5) is 0 Å². The maximum absolute atomic E-state index is 11.9. The van der Waals surface area contributed by atoms with Gasteiger partial charge in [-0.3, -0.25) is 9.59 Å². The largest absolute Gasteiger partial charge is 0.494 e. The molecule has 0 spiro atoms. The molecule has 0 aliphatic heterocycles. The highest BCUT2D eigenvalue weighted by Crippen LogP contribution is 2.13. The number of carbonyl (C=O) groups excluding carboxylic acids is 2. The molecule has 0 aliphatic carbocycles. The lowest BCUT2D eigenvalue weighted by Gasteiger charge is -2.08. The molecule has 1 heterocycles. The van der Waals surface area contributed by atoms with Gasteiger partial charge in [0, 0.05) is 6.20 Å². The fourth-order valence-corrected chi connectivity index (χ4v) is 1.90. The maximum Gasteiger partial charge on any atom is 0.325 e. The van der Waals surface area contributed by atoms with Gasteiger partial charge < -0.3 is 14.8 Å². The molecular formula is C16H24N2O4. The van der Waals surface area contributed by atoms with Gasteiger partial charge in [0.15, 0.2) is 5.69 Å². The summed E-state index contributed by atoms with van der Waals surface area (Å²) in [7, 11) is 1.46. The topological polar surface area (TPSA) is 77.5 Å². The smallest absolute Gasteiger partial charge is 0.325 e. The molecule has 1 aromatic heterocycles. The summed E-state index contributed by atoms with van der Waals surface area (Å²) < 4.78 is 10.1. The van der Waals surface area contributed by atoms with Crippen LogP contribution in [0.2, 0.25) is 0 Å². The quantitative estimate of drug-likeness (QED) is 0.530. The van der Waals surface area contributed by atoms with Gasteiger partial charge in [0.05, 0.1) is 13.7 Å². The second-order valence-corrected chi connectivity index (χ2v) is 4.87. The van der Waals surface area contributed by atoms with Gasteiger partial charge in [-0.05, 0) is 18.6 Å². The molecule has 1 amide bonds. The first-order valence-electron chi connectivity index (χ1n) is 7.61. The van der Waals surface area contributed by atoms with Crippen LogP contribution in [0.3, 0.4) is 0 Å². The standard InChI is InChI=1S/C16H24N2O4/c1-3-4-5-6-7-11-22-14(19)12-18-16(20)15-13(21-2)9-8-10-17-15/h8-10H,3-7,11-12H2,1-2H3,(H,18,20). The van der Waals surface area contributed by atoms with Crippen LogP contribution < -0.4 is 10.1 Å². The monoisotopic (exact) mass is 308 g/mol. The Hall–Kier alpha value is -2.11. The number of rotatable bonds is 10. The van der Waals surface area contributed by atoms with E-state index in [1.54, 1.807) is 12.1 Å². The van der Waals surface area contributed by atoms with E-state index in [9.17, 15) is 9.59 Å². The molecule has 6 heteroatoms. The Balaban J connectivity index is 2.24. The number of nitrogens with zero attached hydrogens (tertiary/aromatic N) is 1. The lowest BCUT2D eigenvalue weighted by Crippen LogP contribution is -2.31. The normalized spacial score (nSPS) is 10.1. The lowest BCUT2D eigenvalue weighted by molar-refractivity contribution is -0.142. The molecule has 6 nitrogen and oxygen atoms in total. The Kier molecular flexibility index (Phi) is 8.64.